The number of hydrogen-bond acceptors (Lipinski definition) is 6. The highest BCUT2D eigenvalue weighted by molar-refractivity contribution is 5.92. The number of carbonyl (C=O) groups excluding carboxylic acids is 2. The van der Waals surface area contributed by atoms with Gasteiger partial charge < -0.3 is 20.3 Å². The summed E-state index contributed by atoms with van der Waals surface area (Å²) in [5.74, 6) is 1.33. The Hall–Kier alpha value is -2.38. The number of aromatic nitrogens is 2. The largest absolute Gasteiger partial charge is 0.450 e. The van der Waals surface area contributed by atoms with Gasteiger partial charge in [-0.1, -0.05) is 6.42 Å². The van der Waals surface area contributed by atoms with Crippen LogP contribution in [-0.4, -0.2) is 52.8 Å². The Morgan fingerprint density at radius 3 is 2.40 bits per heavy atom. The number of anilines is 2. The molecule has 8 nitrogen and oxygen atoms in total. The van der Waals surface area contributed by atoms with Crippen LogP contribution >= 0.6 is 0 Å². The molecule has 1 aromatic rings. The van der Waals surface area contributed by atoms with Gasteiger partial charge in [0.25, 0.3) is 0 Å². The summed E-state index contributed by atoms with van der Waals surface area (Å²) in [6, 6.07) is 3.83. The number of likely N-dealkylation sites (tertiary alicyclic amines) is 1. The Kier molecular flexibility index (Phi) is 5.67. The molecule has 3 rings (SSSR count). The third-order valence-electron chi connectivity index (χ3n) is 4.76. The van der Waals surface area contributed by atoms with Crippen molar-refractivity contribution in [1.29, 1.82) is 0 Å². The molecule has 1 aromatic heterocycles. The van der Waals surface area contributed by atoms with Crippen molar-refractivity contribution in [2.24, 2.45) is 5.92 Å². The lowest BCUT2D eigenvalue weighted by Crippen LogP contribution is -2.42. The molecule has 0 radical (unpaired) electrons. The van der Waals surface area contributed by atoms with Crippen LogP contribution in [0.15, 0.2) is 12.1 Å². The number of carbonyl (C=O) groups is 2. The van der Waals surface area contributed by atoms with E-state index in [0.29, 0.717) is 31.3 Å². The van der Waals surface area contributed by atoms with Gasteiger partial charge in [0.15, 0.2) is 5.82 Å². The molecule has 0 spiro atoms. The fourth-order valence-electron chi connectivity index (χ4n) is 3.00. The highest BCUT2D eigenvalue weighted by Gasteiger charge is 2.26. The molecule has 0 atom stereocenters. The second-order valence-corrected chi connectivity index (χ2v) is 6.53. The lowest BCUT2D eigenvalue weighted by Gasteiger charge is -2.31. The average molecular weight is 347 g/mol. The van der Waals surface area contributed by atoms with Gasteiger partial charge in [-0.05, 0) is 44.7 Å². The third kappa shape index (κ3) is 4.58. The lowest BCUT2D eigenvalue weighted by molar-refractivity contribution is -0.122. The Bertz CT molecular complexity index is 595. The van der Waals surface area contributed by atoms with Crippen LogP contribution in [0.2, 0.25) is 0 Å². The zero-order chi connectivity index (χ0) is 17.6. The minimum Gasteiger partial charge on any atom is -0.450 e. The topological polar surface area (TPSA) is 96.5 Å². The highest BCUT2D eigenvalue weighted by atomic mass is 16.6. The first-order chi connectivity index (χ1) is 12.2. The molecule has 0 aromatic carbocycles. The Balaban J connectivity index is 1.44. The summed E-state index contributed by atoms with van der Waals surface area (Å²) in [7, 11) is 0. The molecular weight excluding hydrogens is 322 g/mol. The first-order valence-electron chi connectivity index (χ1n) is 8.98. The molecule has 1 aliphatic heterocycles. The highest BCUT2D eigenvalue weighted by Crippen LogP contribution is 2.27. The van der Waals surface area contributed by atoms with Gasteiger partial charge in [-0.2, -0.15) is 0 Å². The van der Waals surface area contributed by atoms with E-state index in [1.165, 1.54) is 0 Å². The van der Waals surface area contributed by atoms with Crippen molar-refractivity contribution in [1.82, 2.24) is 15.1 Å². The van der Waals surface area contributed by atoms with E-state index in [9.17, 15) is 9.59 Å². The molecule has 2 N–H and O–H groups in total. The van der Waals surface area contributed by atoms with E-state index in [4.69, 9.17) is 4.74 Å². The number of rotatable bonds is 5. The van der Waals surface area contributed by atoms with Crippen molar-refractivity contribution in [3.63, 3.8) is 0 Å². The number of nitrogens with one attached hydrogen (secondary N) is 2. The fourth-order valence-corrected chi connectivity index (χ4v) is 3.00. The Morgan fingerprint density at radius 1 is 1.16 bits per heavy atom. The van der Waals surface area contributed by atoms with Gasteiger partial charge >= 0.3 is 6.09 Å². The Labute approximate surface area is 147 Å². The van der Waals surface area contributed by atoms with Crippen LogP contribution in [0, 0.1) is 5.92 Å². The van der Waals surface area contributed by atoms with Crippen molar-refractivity contribution in [3.8, 4) is 0 Å². The number of piperidine rings is 1. The number of amides is 2. The van der Waals surface area contributed by atoms with Crippen LogP contribution in [0.1, 0.15) is 39.0 Å². The van der Waals surface area contributed by atoms with Crippen molar-refractivity contribution < 1.29 is 14.3 Å². The van der Waals surface area contributed by atoms with Gasteiger partial charge in [0.05, 0.1) is 6.61 Å². The Morgan fingerprint density at radius 2 is 1.84 bits per heavy atom. The maximum absolute atomic E-state index is 11.9. The van der Waals surface area contributed by atoms with Crippen LogP contribution in [0.5, 0.6) is 0 Å². The van der Waals surface area contributed by atoms with E-state index >= 15 is 0 Å². The van der Waals surface area contributed by atoms with Crippen LogP contribution in [-0.2, 0) is 9.53 Å². The van der Waals surface area contributed by atoms with E-state index in [2.05, 4.69) is 20.8 Å². The quantitative estimate of drug-likeness (QED) is 0.848. The molecule has 2 amide bonds. The molecule has 25 heavy (non-hydrogen) atoms. The predicted molar refractivity (Wildman–Crippen MR) is 93.2 cm³/mol. The molecule has 2 aliphatic rings. The van der Waals surface area contributed by atoms with Gasteiger partial charge in [-0.15, -0.1) is 10.2 Å². The van der Waals surface area contributed by atoms with E-state index in [0.717, 1.165) is 32.1 Å². The standard InChI is InChI=1S/C17H25N5O3/c1-2-25-17(24)22-10-8-13(9-11-22)18-14-6-7-15(21-20-14)19-16(23)12-4-3-5-12/h6-7,12-13H,2-5,8-11H2,1H3,(H,18,20)(H,19,21,23). The lowest BCUT2D eigenvalue weighted by atomic mass is 9.85. The predicted octanol–water partition coefficient (Wildman–Crippen LogP) is 2.25. The minimum absolute atomic E-state index is 0.0348. The first kappa shape index (κ1) is 17.4. The van der Waals surface area contributed by atoms with Gasteiger partial charge in [0, 0.05) is 25.0 Å². The van der Waals surface area contributed by atoms with E-state index in [1.807, 2.05) is 13.0 Å². The fraction of sp³-hybridized carbons (Fsp3) is 0.647. The van der Waals surface area contributed by atoms with E-state index in [-0.39, 0.29) is 24.0 Å². The summed E-state index contributed by atoms with van der Waals surface area (Å²) in [6.07, 6.45) is 4.47. The summed E-state index contributed by atoms with van der Waals surface area (Å²) < 4.78 is 5.02. The van der Waals surface area contributed by atoms with Crippen molar-refractivity contribution in [3.05, 3.63) is 12.1 Å². The molecule has 1 aliphatic carbocycles. The molecular formula is C17H25N5O3. The molecule has 2 heterocycles. The van der Waals surface area contributed by atoms with Crippen LogP contribution in [0.25, 0.3) is 0 Å². The van der Waals surface area contributed by atoms with Crippen molar-refractivity contribution in [2.45, 2.75) is 45.1 Å². The van der Waals surface area contributed by atoms with E-state index in [1.54, 1.807) is 11.0 Å². The van der Waals surface area contributed by atoms with Crippen molar-refractivity contribution in [2.75, 3.05) is 30.3 Å². The number of ether oxygens (including phenoxy) is 1. The average Bonchev–Trinajstić information content (AvgIpc) is 2.56. The van der Waals surface area contributed by atoms with Crippen LogP contribution in [0.3, 0.4) is 0 Å². The third-order valence-corrected chi connectivity index (χ3v) is 4.76. The SMILES string of the molecule is CCOC(=O)N1CCC(Nc2ccc(NC(=O)C3CCC3)nn2)CC1. The first-order valence-corrected chi connectivity index (χ1v) is 8.98. The zero-order valence-electron chi connectivity index (χ0n) is 14.5. The molecule has 1 saturated carbocycles. The molecule has 1 saturated heterocycles. The molecule has 8 heteroatoms. The van der Waals surface area contributed by atoms with Crippen LogP contribution in [0.4, 0.5) is 16.4 Å². The van der Waals surface area contributed by atoms with Gasteiger partial charge in [-0.3, -0.25) is 4.79 Å². The maximum atomic E-state index is 11.9. The summed E-state index contributed by atoms with van der Waals surface area (Å²) in [6.45, 7) is 3.54. The zero-order valence-corrected chi connectivity index (χ0v) is 14.5. The molecule has 136 valence electrons. The van der Waals surface area contributed by atoms with Gasteiger partial charge in [-0.25, -0.2) is 4.79 Å². The molecule has 0 unspecified atom stereocenters. The molecule has 0 bridgehead atoms. The minimum atomic E-state index is -0.243. The summed E-state index contributed by atoms with van der Waals surface area (Å²) in [4.78, 5) is 25.3. The van der Waals surface area contributed by atoms with Crippen molar-refractivity contribution >= 4 is 23.6 Å². The molecule has 2 fully saturated rings. The van der Waals surface area contributed by atoms with Crippen LogP contribution < -0.4 is 10.6 Å². The summed E-state index contributed by atoms with van der Waals surface area (Å²) in [5.41, 5.74) is 0. The second-order valence-electron chi connectivity index (χ2n) is 6.53. The number of nitrogens with zero attached hydrogens (tertiary/aromatic N) is 3. The van der Waals surface area contributed by atoms with Gasteiger partial charge in [0.1, 0.15) is 5.82 Å². The summed E-state index contributed by atoms with van der Waals surface area (Å²) in [5, 5.41) is 14.3. The number of hydrogen-bond donors (Lipinski definition) is 2. The monoisotopic (exact) mass is 347 g/mol. The van der Waals surface area contributed by atoms with E-state index < -0.39 is 0 Å². The second kappa shape index (κ2) is 8.13. The smallest absolute Gasteiger partial charge is 0.409 e. The summed E-state index contributed by atoms with van der Waals surface area (Å²) >= 11 is 0. The van der Waals surface area contributed by atoms with Gasteiger partial charge in [0.2, 0.25) is 5.91 Å². The normalized spacial score (nSPS) is 18.4. The maximum Gasteiger partial charge on any atom is 0.409 e.